The normalized spacial score (nSPS) is 26.9. The molecule has 2 aliphatic carbocycles. The Hall–Kier alpha value is -0.780. The second-order valence-electron chi connectivity index (χ2n) is 7.91. The van der Waals surface area contributed by atoms with Crippen LogP contribution in [0, 0.1) is 17.8 Å². The molecule has 0 heteroatoms. The van der Waals surface area contributed by atoms with Crippen molar-refractivity contribution in [2.75, 3.05) is 0 Å². The van der Waals surface area contributed by atoms with Crippen LogP contribution in [0.4, 0.5) is 0 Å². The fourth-order valence-corrected chi connectivity index (χ4v) is 4.96. The van der Waals surface area contributed by atoms with Gasteiger partial charge in [-0.1, -0.05) is 88.1 Å². The van der Waals surface area contributed by atoms with E-state index in [-0.39, 0.29) is 0 Å². The van der Waals surface area contributed by atoms with Crippen molar-refractivity contribution in [2.45, 2.75) is 83.5 Å². The molecule has 0 unspecified atom stereocenters. The molecule has 0 amide bonds. The van der Waals surface area contributed by atoms with E-state index < -0.39 is 0 Å². The summed E-state index contributed by atoms with van der Waals surface area (Å²) in [7, 11) is 0. The van der Waals surface area contributed by atoms with E-state index in [1.807, 2.05) is 0 Å². The van der Waals surface area contributed by atoms with Crippen LogP contribution in [0.15, 0.2) is 30.3 Å². The fourth-order valence-electron chi connectivity index (χ4n) is 4.96. The van der Waals surface area contributed by atoms with Gasteiger partial charge in [-0.15, -0.1) is 0 Å². The summed E-state index contributed by atoms with van der Waals surface area (Å²) in [4.78, 5) is 0. The van der Waals surface area contributed by atoms with Crippen LogP contribution in [-0.2, 0) is 6.42 Å². The second kappa shape index (κ2) is 8.75. The average Bonchev–Trinajstić information content (AvgIpc) is 2.61. The molecule has 2 fully saturated rings. The zero-order valence-corrected chi connectivity index (χ0v) is 14.3. The predicted molar refractivity (Wildman–Crippen MR) is 96.0 cm³/mol. The van der Waals surface area contributed by atoms with Gasteiger partial charge in [0.15, 0.2) is 0 Å². The summed E-state index contributed by atoms with van der Waals surface area (Å²) in [5, 5.41) is 0. The van der Waals surface area contributed by atoms with Crippen molar-refractivity contribution in [1.82, 2.24) is 0 Å². The van der Waals surface area contributed by atoms with Gasteiger partial charge in [-0.2, -0.15) is 0 Å². The number of rotatable bonds is 6. The topological polar surface area (TPSA) is 0 Å². The van der Waals surface area contributed by atoms with Crippen LogP contribution in [0.1, 0.15) is 82.6 Å². The van der Waals surface area contributed by atoms with Crippen LogP contribution in [0.2, 0.25) is 0 Å². The SMILES string of the molecule is c1ccc(CCCCC2CCC(C3CCCCC3)CC2)cc1. The average molecular weight is 299 g/mol. The van der Waals surface area contributed by atoms with E-state index in [1.165, 1.54) is 63.4 Å². The van der Waals surface area contributed by atoms with Gasteiger partial charge in [-0.05, 0) is 49.0 Å². The van der Waals surface area contributed by atoms with Gasteiger partial charge in [0.25, 0.3) is 0 Å². The van der Waals surface area contributed by atoms with E-state index in [0.29, 0.717) is 0 Å². The molecule has 0 aromatic heterocycles. The minimum absolute atomic E-state index is 1.05. The first-order valence-corrected chi connectivity index (χ1v) is 9.96. The van der Waals surface area contributed by atoms with Gasteiger partial charge >= 0.3 is 0 Å². The maximum absolute atomic E-state index is 2.27. The highest BCUT2D eigenvalue weighted by Crippen LogP contribution is 2.41. The van der Waals surface area contributed by atoms with Gasteiger partial charge in [-0.25, -0.2) is 0 Å². The highest BCUT2D eigenvalue weighted by molar-refractivity contribution is 5.14. The second-order valence-corrected chi connectivity index (χ2v) is 7.91. The smallest absolute Gasteiger partial charge is 0.0279 e. The van der Waals surface area contributed by atoms with Gasteiger partial charge in [-0.3, -0.25) is 0 Å². The van der Waals surface area contributed by atoms with Crippen LogP contribution in [-0.4, -0.2) is 0 Å². The van der Waals surface area contributed by atoms with Crippen molar-refractivity contribution in [2.24, 2.45) is 17.8 Å². The molecule has 0 saturated heterocycles. The summed E-state index contributed by atoms with van der Waals surface area (Å²) < 4.78 is 0. The Kier molecular flexibility index (Phi) is 6.40. The van der Waals surface area contributed by atoms with Crippen molar-refractivity contribution in [3.63, 3.8) is 0 Å². The molecule has 0 radical (unpaired) electrons. The number of hydrogen-bond donors (Lipinski definition) is 0. The molecule has 22 heavy (non-hydrogen) atoms. The van der Waals surface area contributed by atoms with Crippen LogP contribution in [0.3, 0.4) is 0 Å². The largest absolute Gasteiger partial charge is 0.0622 e. The van der Waals surface area contributed by atoms with Crippen LogP contribution >= 0.6 is 0 Å². The van der Waals surface area contributed by atoms with E-state index in [9.17, 15) is 0 Å². The molecule has 0 nitrogen and oxygen atoms in total. The molecule has 0 atom stereocenters. The zero-order valence-electron chi connectivity index (χ0n) is 14.3. The quantitative estimate of drug-likeness (QED) is 0.507. The lowest BCUT2D eigenvalue weighted by Gasteiger charge is -2.36. The van der Waals surface area contributed by atoms with E-state index >= 15 is 0 Å². The molecule has 0 heterocycles. The summed E-state index contributed by atoms with van der Waals surface area (Å²) in [5.41, 5.74) is 1.52. The molecule has 3 rings (SSSR count). The first kappa shape index (κ1) is 16.1. The lowest BCUT2D eigenvalue weighted by Crippen LogP contribution is -2.23. The molecule has 0 bridgehead atoms. The van der Waals surface area contributed by atoms with Gasteiger partial charge in [0.1, 0.15) is 0 Å². The Morgan fingerprint density at radius 1 is 0.682 bits per heavy atom. The first-order chi connectivity index (χ1) is 10.9. The molecule has 0 N–H and O–H groups in total. The number of aryl methyl sites for hydroxylation is 1. The highest BCUT2D eigenvalue weighted by Gasteiger charge is 2.28. The third-order valence-corrected chi connectivity index (χ3v) is 6.38. The summed E-state index contributed by atoms with van der Waals surface area (Å²) in [6, 6.07) is 11.0. The molecule has 2 saturated carbocycles. The van der Waals surface area contributed by atoms with Crippen molar-refractivity contribution >= 4 is 0 Å². The van der Waals surface area contributed by atoms with E-state index in [2.05, 4.69) is 30.3 Å². The van der Waals surface area contributed by atoms with Crippen molar-refractivity contribution in [3.8, 4) is 0 Å². The lowest BCUT2D eigenvalue weighted by atomic mass is 9.70. The Balaban J connectivity index is 1.29. The molecule has 0 aliphatic heterocycles. The standard InChI is InChI=1S/C22H34/c1-3-9-19(10-4-1)11-7-8-12-20-15-17-22(18-16-20)21-13-5-2-6-14-21/h1,3-4,9-10,20-22H,2,5-8,11-18H2. The Morgan fingerprint density at radius 2 is 1.36 bits per heavy atom. The third kappa shape index (κ3) is 4.86. The van der Waals surface area contributed by atoms with Crippen molar-refractivity contribution in [3.05, 3.63) is 35.9 Å². The maximum atomic E-state index is 2.27. The Morgan fingerprint density at radius 3 is 2.09 bits per heavy atom. The minimum Gasteiger partial charge on any atom is -0.0622 e. The van der Waals surface area contributed by atoms with Crippen molar-refractivity contribution < 1.29 is 0 Å². The van der Waals surface area contributed by atoms with Crippen LogP contribution in [0.5, 0.6) is 0 Å². The van der Waals surface area contributed by atoms with Gasteiger partial charge < -0.3 is 0 Å². The molecule has 122 valence electrons. The molecule has 1 aromatic rings. The lowest BCUT2D eigenvalue weighted by molar-refractivity contribution is 0.162. The van der Waals surface area contributed by atoms with Gasteiger partial charge in [0, 0.05) is 0 Å². The van der Waals surface area contributed by atoms with Crippen LogP contribution in [0.25, 0.3) is 0 Å². The number of benzene rings is 1. The first-order valence-electron chi connectivity index (χ1n) is 9.96. The van der Waals surface area contributed by atoms with Gasteiger partial charge in [0.2, 0.25) is 0 Å². The van der Waals surface area contributed by atoms with Crippen LogP contribution < -0.4 is 0 Å². The summed E-state index contributed by atoms with van der Waals surface area (Å²) in [6.07, 6.45) is 19.4. The molecular formula is C22H34. The minimum atomic E-state index is 1.05. The summed E-state index contributed by atoms with van der Waals surface area (Å²) in [5.74, 6) is 3.25. The van der Waals surface area contributed by atoms with E-state index in [0.717, 1.165) is 17.8 Å². The monoisotopic (exact) mass is 298 g/mol. The fraction of sp³-hybridized carbons (Fsp3) is 0.727. The zero-order chi connectivity index (χ0) is 15.0. The maximum Gasteiger partial charge on any atom is -0.0279 e. The Bertz CT molecular complexity index is 393. The third-order valence-electron chi connectivity index (χ3n) is 6.38. The molecule has 0 spiro atoms. The molecule has 1 aromatic carbocycles. The van der Waals surface area contributed by atoms with E-state index in [4.69, 9.17) is 0 Å². The Labute approximate surface area is 137 Å². The number of unbranched alkanes of at least 4 members (excludes halogenated alkanes) is 1. The highest BCUT2D eigenvalue weighted by atomic mass is 14.3. The van der Waals surface area contributed by atoms with E-state index in [1.54, 1.807) is 25.7 Å². The molecule has 2 aliphatic rings. The predicted octanol–water partition coefficient (Wildman–Crippen LogP) is 6.79. The molecular weight excluding hydrogens is 264 g/mol. The number of hydrogen-bond acceptors (Lipinski definition) is 0. The van der Waals surface area contributed by atoms with Crippen molar-refractivity contribution in [1.29, 1.82) is 0 Å². The summed E-state index contributed by atoms with van der Waals surface area (Å²) >= 11 is 0. The summed E-state index contributed by atoms with van der Waals surface area (Å²) in [6.45, 7) is 0. The van der Waals surface area contributed by atoms with Gasteiger partial charge in [0.05, 0.1) is 0 Å².